The number of anilines is 1. The molecule has 1 saturated carbocycles. The van der Waals surface area contributed by atoms with Crippen molar-refractivity contribution in [1.82, 2.24) is 9.54 Å². The van der Waals surface area contributed by atoms with E-state index in [2.05, 4.69) is 0 Å². The predicted octanol–water partition coefficient (Wildman–Crippen LogP) is 6.18. The first kappa shape index (κ1) is 23.7. The van der Waals surface area contributed by atoms with E-state index in [0.717, 1.165) is 24.4 Å². The zero-order chi connectivity index (χ0) is 24.0. The van der Waals surface area contributed by atoms with Gasteiger partial charge in [0.1, 0.15) is 11.5 Å². The molecule has 4 atom stereocenters. The Morgan fingerprint density at radius 2 is 1.76 bits per heavy atom. The van der Waals surface area contributed by atoms with Gasteiger partial charge < -0.3 is 4.74 Å². The quantitative estimate of drug-likeness (QED) is 0.441. The van der Waals surface area contributed by atoms with Gasteiger partial charge in [0.15, 0.2) is 0 Å². The van der Waals surface area contributed by atoms with Gasteiger partial charge in [-0.15, -0.1) is 0 Å². The second kappa shape index (κ2) is 9.57. The van der Waals surface area contributed by atoms with Gasteiger partial charge in [0.25, 0.3) is 5.91 Å². The molecule has 5 rings (SSSR count). The number of carbonyl (C=O) groups excluding carboxylic acids is 1. The Hall–Kier alpha value is -1.99. The number of halogens is 3. The lowest BCUT2D eigenvalue weighted by Gasteiger charge is -2.28. The number of ether oxygens (including phenoxy) is 1. The second-order valence-electron chi connectivity index (χ2n) is 9.32. The molecular weight excluding hydrogens is 495 g/mol. The summed E-state index contributed by atoms with van der Waals surface area (Å²) in [5.41, 5.74) is 2.07. The molecule has 2 heterocycles. The van der Waals surface area contributed by atoms with E-state index >= 15 is 0 Å². The highest BCUT2D eigenvalue weighted by atomic mass is 35.5. The van der Waals surface area contributed by atoms with Crippen LogP contribution in [0.15, 0.2) is 47.6 Å². The second-order valence-corrected chi connectivity index (χ2v) is 10.5. The van der Waals surface area contributed by atoms with Gasteiger partial charge >= 0.3 is 0 Å². The average Bonchev–Trinajstić information content (AvgIpc) is 3.52. The molecule has 9 heteroatoms. The van der Waals surface area contributed by atoms with Crippen molar-refractivity contribution in [1.29, 1.82) is 0 Å². The summed E-state index contributed by atoms with van der Waals surface area (Å²) in [6.07, 6.45) is 3.68. The summed E-state index contributed by atoms with van der Waals surface area (Å²) >= 11 is 19.3. The van der Waals surface area contributed by atoms with Gasteiger partial charge in [0.05, 0.1) is 23.9 Å². The molecule has 0 radical (unpaired) electrons. The zero-order valence-electron chi connectivity index (χ0n) is 19.1. The molecule has 0 spiro atoms. The van der Waals surface area contributed by atoms with Crippen LogP contribution in [0.1, 0.15) is 37.8 Å². The van der Waals surface area contributed by atoms with Gasteiger partial charge in [-0.1, -0.05) is 48.7 Å². The number of fused-ring (bicyclic) bond motifs is 1. The maximum Gasteiger partial charge on any atom is 0.299 e. The van der Waals surface area contributed by atoms with Crippen molar-refractivity contribution < 1.29 is 9.53 Å². The van der Waals surface area contributed by atoms with Crippen molar-refractivity contribution in [2.45, 2.75) is 32.2 Å². The highest BCUT2D eigenvalue weighted by Gasteiger charge is 2.45. The van der Waals surface area contributed by atoms with Gasteiger partial charge in [-0.3, -0.25) is 9.80 Å². The number of carbonyl (C=O) groups is 1. The Morgan fingerprint density at radius 3 is 2.38 bits per heavy atom. The Labute approximate surface area is 215 Å². The number of benzene rings is 2. The maximum absolute atomic E-state index is 13.6. The number of hydrogen-bond donors (Lipinski definition) is 0. The van der Waals surface area contributed by atoms with E-state index in [-0.39, 0.29) is 17.9 Å². The monoisotopic (exact) mass is 520 g/mol. The van der Waals surface area contributed by atoms with Crippen molar-refractivity contribution in [3.8, 4) is 5.75 Å². The van der Waals surface area contributed by atoms with Crippen LogP contribution in [0.4, 0.5) is 5.69 Å². The summed E-state index contributed by atoms with van der Waals surface area (Å²) in [7, 11) is 1.63. The average molecular weight is 522 g/mol. The molecule has 1 saturated heterocycles. The first-order chi connectivity index (χ1) is 16.4. The number of nitrogens with zero attached hydrogens (tertiary/aromatic N) is 4. The minimum atomic E-state index is -0.291. The van der Waals surface area contributed by atoms with Crippen LogP contribution in [0.5, 0.6) is 5.75 Å². The minimum absolute atomic E-state index is 0.226. The molecule has 0 aromatic heterocycles. The standard InChI is InChI=1S/C25H27Cl3N4O2/c1-15-23(25(33)32(28)30-13-17-4-3-5-18(17)14-30)29-31(22-11-8-19(26)12-21(22)27)24(15)16-6-9-20(34-2)10-7-16/h6-12,15,17-18,24H,3-5,13-14H2,1-2H3/t15-,17?,18?,24+/m1/s1. The number of rotatable bonds is 5. The number of amides is 1. The largest absolute Gasteiger partial charge is 0.497 e. The van der Waals surface area contributed by atoms with E-state index < -0.39 is 0 Å². The first-order valence-electron chi connectivity index (χ1n) is 11.6. The molecule has 2 fully saturated rings. The van der Waals surface area contributed by atoms with Crippen molar-refractivity contribution in [2.75, 3.05) is 25.2 Å². The molecule has 0 bridgehead atoms. The lowest BCUT2D eigenvalue weighted by molar-refractivity contribution is -0.129. The molecule has 1 amide bonds. The Balaban J connectivity index is 1.47. The molecule has 6 nitrogen and oxygen atoms in total. The molecular formula is C25H27Cl3N4O2. The summed E-state index contributed by atoms with van der Waals surface area (Å²) in [5.74, 6) is 1.48. The van der Waals surface area contributed by atoms with Crippen molar-refractivity contribution >= 4 is 52.3 Å². The third-order valence-corrected chi connectivity index (χ3v) is 8.24. The van der Waals surface area contributed by atoms with Crippen LogP contribution >= 0.6 is 35.0 Å². The topological polar surface area (TPSA) is 48.4 Å². The Kier molecular flexibility index (Phi) is 6.68. The number of methoxy groups -OCH3 is 1. The summed E-state index contributed by atoms with van der Waals surface area (Å²) in [4.78, 5) is 13.6. The SMILES string of the molecule is COc1ccc([C@@H]2[C@H](C)C(C(=O)N(Cl)N3CC4CCCC4C3)=NN2c2ccc(Cl)cc2Cl)cc1. The minimum Gasteiger partial charge on any atom is -0.497 e. The predicted molar refractivity (Wildman–Crippen MR) is 136 cm³/mol. The molecule has 180 valence electrons. The van der Waals surface area contributed by atoms with Crippen LogP contribution in [0.25, 0.3) is 0 Å². The van der Waals surface area contributed by atoms with Crippen LogP contribution in [-0.2, 0) is 4.79 Å². The molecule has 2 unspecified atom stereocenters. The van der Waals surface area contributed by atoms with Gasteiger partial charge in [-0.05, 0) is 60.6 Å². The third kappa shape index (κ3) is 4.26. The molecule has 2 aliphatic heterocycles. The van der Waals surface area contributed by atoms with E-state index in [9.17, 15) is 4.79 Å². The van der Waals surface area contributed by atoms with Crippen LogP contribution < -0.4 is 9.75 Å². The van der Waals surface area contributed by atoms with Gasteiger partial charge in [-0.2, -0.15) is 9.63 Å². The highest BCUT2D eigenvalue weighted by Crippen LogP contribution is 2.44. The summed E-state index contributed by atoms with van der Waals surface area (Å²) < 4.78 is 6.58. The van der Waals surface area contributed by atoms with Crippen LogP contribution in [0.3, 0.4) is 0 Å². The normalized spacial score (nSPS) is 26.5. The van der Waals surface area contributed by atoms with Crippen molar-refractivity contribution in [3.63, 3.8) is 0 Å². The van der Waals surface area contributed by atoms with Crippen LogP contribution in [0.2, 0.25) is 10.0 Å². The fourth-order valence-corrected chi connectivity index (χ4v) is 6.25. The number of hydrogen-bond acceptors (Lipinski definition) is 5. The first-order valence-corrected chi connectivity index (χ1v) is 12.7. The summed E-state index contributed by atoms with van der Waals surface area (Å²) in [5, 5.41) is 9.56. The van der Waals surface area contributed by atoms with E-state index in [1.807, 2.05) is 47.3 Å². The lowest BCUT2D eigenvalue weighted by Crippen LogP contribution is -2.43. The molecule has 2 aromatic rings. The number of hydrazine groups is 1. The highest BCUT2D eigenvalue weighted by molar-refractivity contribution is 6.46. The smallest absolute Gasteiger partial charge is 0.299 e. The third-order valence-electron chi connectivity index (χ3n) is 7.34. The molecule has 2 aromatic carbocycles. The molecule has 34 heavy (non-hydrogen) atoms. The zero-order valence-corrected chi connectivity index (χ0v) is 21.4. The fourth-order valence-electron chi connectivity index (χ4n) is 5.55. The Bertz CT molecular complexity index is 1100. The van der Waals surface area contributed by atoms with Crippen LogP contribution in [-0.4, -0.2) is 41.4 Å². The summed E-state index contributed by atoms with van der Waals surface area (Å²) in [6.45, 7) is 3.63. The molecule has 0 N–H and O–H groups in total. The van der Waals surface area contributed by atoms with Crippen molar-refractivity contribution in [3.05, 3.63) is 58.1 Å². The van der Waals surface area contributed by atoms with E-state index in [0.29, 0.717) is 33.3 Å². The van der Waals surface area contributed by atoms with E-state index in [4.69, 9.17) is 44.8 Å². The fraction of sp³-hybridized carbons (Fsp3) is 0.440. The van der Waals surface area contributed by atoms with E-state index in [1.54, 1.807) is 19.2 Å². The van der Waals surface area contributed by atoms with Crippen molar-refractivity contribution in [2.24, 2.45) is 22.9 Å². The Morgan fingerprint density at radius 1 is 1.09 bits per heavy atom. The number of hydrazone groups is 1. The van der Waals surface area contributed by atoms with E-state index in [1.165, 1.54) is 23.8 Å². The lowest BCUT2D eigenvalue weighted by atomic mass is 9.91. The molecule has 1 aliphatic carbocycles. The summed E-state index contributed by atoms with van der Waals surface area (Å²) in [6, 6.07) is 12.8. The molecule has 3 aliphatic rings. The van der Waals surface area contributed by atoms with Gasteiger partial charge in [0.2, 0.25) is 0 Å². The van der Waals surface area contributed by atoms with Gasteiger partial charge in [0, 0.05) is 35.8 Å². The maximum atomic E-state index is 13.6. The van der Waals surface area contributed by atoms with Crippen LogP contribution in [0, 0.1) is 17.8 Å². The van der Waals surface area contributed by atoms with Gasteiger partial charge in [-0.25, -0.2) is 5.01 Å².